The maximum Gasteiger partial charge on any atom is 0.0829 e. The number of likely N-dealkylation sites (N-methyl/N-ethyl adjacent to an activating group) is 1. The molecule has 0 aromatic rings. The van der Waals surface area contributed by atoms with E-state index in [0.717, 1.165) is 38.7 Å². The topological polar surface area (TPSA) is 15.7 Å². The Kier molecular flexibility index (Phi) is 6.22. The molecule has 0 spiro atoms. The van der Waals surface area contributed by atoms with Crippen molar-refractivity contribution in [1.29, 1.82) is 0 Å². The summed E-state index contributed by atoms with van der Waals surface area (Å²) in [6.07, 6.45) is 5.64. The molecule has 3 nitrogen and oxygen atoms in total. The molecular formula is C14H27ClN2O. The highest BCUT2D eigenvalue weighted by Gasteiger charge is 2.26. The summed E-state index contributed by atoms with van der Waals surface area (Å²) in [7, 11) is 0. The third-order valence-electron chi connectivity index (χ3n) is 4.29. The van der Waals surface area contributed by atoms with Gasteiger partial charge in [-0.25, -0.2) is 0 Å². The van der Waals surface area contributed by atoms with Crippen LogP contribution in [0.5, 0.6) is 0 Å². The van der Waals surface area contributed by atoms with Gasteiger partial charge in [-0.15, -0.1) is 11.6 Å². The first-order chi connectivity index (χ1) is 8.83. The first kappa shape index (κ1) is 14.6. The van der Waals surface area contributed by atoms with E-state index in [-0.39, 0.29) is 0 Å². The van der Waals surface area contributed by atoms with E-state index < -0.39 is 0 Å². The van der Waals surface area contributed by atoms with Gasteiger partial charge < -0.3 is 4.74 Å². The molecule has 18 heavy (non-hydrogen) atoms. The van der Waals surface area contributed by atoms with Crippen LogP contribution in [0.3, 0.4) is 0 Å². The molecule has 2 heterocycles. The third kappa shape index (κ3) is 4.09. The number of hydrogen-bond donors (Lipinski definition) is 0. The molecule has 0 radical (unpaired) electrons. The van der Waals surface area contributed by atoms with E-state index >= 15 is 0 Å². The van der Waals surface area contributed by atoms with Gasteiger partial charge in [0.15, 0.2) is 0 Å². The zero-order chi connectivity index (χ0) is 12.8. The SMILES string of the molecule is CCN1CCOC(CN2CCCCCC2CCl)C1. The zero-order valence-electron chi connectivity index (χ0n) is 11.6. The van der Waals surface area contributed by atoms with Gasteiger partial charge in [0.2, 0.25) is 0 Å². The number of rotatable bonds is 4. The van der Waals surface area contributed by atoms with E-state index in [1.807, 2.05) is 0 Å². The lowest BCUT2D eigenvalue weighted by Crippen LogP contribution is -2.49. The van der Waals surface area contributed by atoms with E-state index in [9.17, 15) is 0 Å². The van der Waals surface area contributed by atoms with Crippen LogP contribution in [-0.4, -0.2) is 67.2 Å². The molecule has 2 rings (SSSR count). The van der Waals surface area contributed by atoms with Crippen LogP contribution >= 0.6 is 11.6 Å². The van der Waals surface area contributed by atoms with Crippen molar-refractivity contribution in [1.82, 2.24) is 9.80 Å². The van der Waals surface area contributed by atoms with Gasteiger partial charge in [-0.3, -0.25) is 9.80 Å². The maximum absolute atomic E-state index is 6.13. The third-order valence-corrected chi connectivity index (χ3v) is 4.64. The standard InChI is InChI=1S/C14H27ClN2O/c1-2-16-8-9-18-14(11-16)12-17-7-5-3-4-6-13(17)10-15/h13-14H,2-12H2,1H3. The molecule has 0 N–H and O–H groups in total. The number of nitrogens with zero attached hydrogens (tertiary/aromatic N) is 2. The fraction of sp³-hybridized carbons (Fsp3) is 1.00. The lowest BCUT2D eigenvalue weighted by Gasteiger charge is -2.37. The van der Waals surface area contributed by atoms with Crippen molar-refractivity contribution >= 4 is 11.6 Å². The van der Waals surface area contributed by atoms with Crippen LogP contribution < -0.4 is 0 Å². The molecule has 0 aromatic carbocycles. The van der Waals surface area contributed by atoms with Gasteiger partial charge in [0.05, 0.1) is 12.7 Å². The van der Waals surface area contributed by atoms with Gasteiger partial charge >= 0.3 is 0 Å². The normalized spacial score (nSPS) is 32.3. The molecule has 2 aliphatic rings. The van der Waals surface area contributed by atoms with Crippen LogP contribution in [0.1, 0.15) is 32.6 Å². The van der Waals surface area contributed by atoms with E-state index in [1.54, 1.807) is 0 Å². The number of likely N-dealkylation sites (tertiary alicyclic amines) is 1. The fourth-order valence-corrected chi connectivity index (χ4v) is 3.44. The molecule has 0 aliphatic carbocycles. The van der Waals surface area contributed by atoms with Gasteiger partial charge in [0.25, 0.3) is 0 Å². The fourth-order valence-electron chi connectivity index (χ4n) is 3.09. The van der Waals surface area contributed by atoms with Crippen LogP contribution in [0.15, 0.2) is 0 Å². The second kappa shape index (κ2) is 7.68. The lowest BCUT2D eigenvalue weighted by molar-refractivity contribution is -0.0457. The summed E-state index contributed by atoms with van der Waals surface area (Å²) < 4.78 is 5.92. The molecule has 2 saturated heterocycles. The summed E-state index contributed by atoms with van der Waals surface area (Å²) in [5.74, 6) is 0.768. The van der Waals surface area contributed by atoms with Crippen molar-refractivity contribution in [3.05, 3.63) is 0 Å². The predicted octanol–water partition coefficient (Wildman–Crippen LogP) is 2.19. The van der Waals surface area contributed by atoms with E-state index in [0.29, 0.717) is 12.1 Å². The molecule has 0 amide bonds. The molecule has 0 bridgehead atoms. The molecule has 2 fully saturated rings. The number of hydrogen-bond acceptors (Lipinski definition) is 3. The van der Waals surface area contributed by atoms with E-state index in [4.69, 9.17) is 16.3 Å². The van der Waals surface area contributed by atoms with E-state index in [1.165, 1.54) is 32.2 Å². The molecule has 2 aliphatic heterocycles. The Morgan fingerprint density at radius 3 is 2.89 bits per heavy atom. The van der Waals surface area contributed by atoms with Crippen molar-refractivity contribution in [2.45, 2.75) is 44.8 Å². The zero-order valence-corrected chi connectivity index (χ0v) is 12.4. The quantitative estimate of drug-likeness (QED) is 0.731. The molecule has 106 valence electrons. The predicted molar refractivity (Wildman–Crippen MR) is 76.4 cm³/mol. The van der Waals surface area contributed by atoms with Crippen molar-refractivity contribution in [2.75, 3.05) is 45.2 Å². The van der Waals surface area contributed by atoms with Crippen molar-refractivity contribution < 1.29 is 4.74 Å². The average Bonchev–Trinajstić information content (AvgIpc) is 2.64. The average molecular weight is 275 g/mol. The van der Waals surface area contributed by atoms with Crippen LogP contribution in [0.4, 0.5) is 0 Å². The molecular weight excluding hydrogens is 248 g/mol. The van der Waals surface area contributed by atoms with Gasteiger partial charge in [0.1, 0.15) is 0 Å². The number of halogens is 1. The summed E-state index contributed by atoms with van der Waals surface area (Å²) in [6, 6.07) is 0.565. The van der Waals surface area contributed by atoms with Crippen molar-refractivity contribution in [3.63, 3.8) is 0 Å². The highest BCUT2D eigenvalue weighted by Crippen LogP contribution is 2.19. The van der Waals surface area contributed by atoms with Crippen molar-refractivity contribution in [3.8, 4) is 0 Å². The summed E-state index contributed by atoms with van der Waals surface area (Å²) >= 11 is 6.13. The van der Waals surface area contributed by atoms with Crippen molar-refractivity contribution in [2.24, 2.45) is 0 Å². The Morgan fingerprint density at radius 2 is 2.11 bits per heavy atom. The Hall–Kier alpha value is 0.170. The molecule has 0 aromatic heterocycles. The molecule has 4 heteroatoms. The maximum atomic E-state index is 6.13. The monoisotopic (exact) mass is 274 g/mol. The summed E-state index contributed by atoms with van der Waals surface area (Å²) in [5.41, 5.74) is 0. The molecule has 2 atom stereocenters. The molecule has 2 unspecified atom stereocenters. The minimum absolute atomic E-state index is 0.377. The summed E-state index contributed by atoms with van der Waals surface area (Å²) in [4.78, 5) is 5.06. The highest BCUT2D eigenvalue weighted by atomic mass is 35.5. The Bertz CT molecular complexity index is 240. The minimum Gasteiger partial charge on any atom is -0.374 e. The van der Waals surface area contributed by atoms with Gasteiger partial charge in [-0.05, 0) is 25.9 Å². The smallest absolute Gasteiger partial charge is 0.0829 e. The highest BCUT2D eigenvalue weighted by molar-refractivity contribution is 6.18. The lowest BCUT2D eigenvalue weighted by atomic mass is 10.1. The van der Waals surface area contributed by atoms with Gasteiger partial charge in [-0.1, -0.05) is 19.8 Å². The first-order valence-corrected chi connectivity index (χ1v) is 8.01. The van der Waals surface area contributed by atoms with Crippen LogP contribution in [-0.2, 0) is 4.74 Å². The Morgan fingerprint density at radius 1 is 1.22 bits per heavy atom. The van der Waals surface area contributed by atoms with Gasteiger partial charge in [0, 0.05) is 31.6 Å². The van der Waals surface area contributed by atoms with Gasteiger partial charge in [-0.2, -0.15) is 0 Å². The first-order valence-electron chi connectivity index (χ1n) is 7.47. The Labute approximate surface area is 116 Å². The van der Waals surface area contributed by atoms with Crippen LogP contribution in [0.2, 0.25) is 0 Å². The second-order valence-electron chi connectivity index (χ2n) is 5.54. The second-order valence-corrected chi connectivity index (χ2v) is 5.85. The van der Waals surface area contributed by atoms with Crippen LogP contribution in [0, 0.1) is 0 Å². The summed E-state index contributed by atoms with van der Waals surface area (Å²) in [6.45, 7) is 8.69. The largest absolute Gasteiger partial charge is 0.374 e. The van der Waals surface area contributed by atoms with Crippen LogP contribution in [0.25, 0.3) is 0 Å². The molecule has 0 saturated carbocycles. The number of alkyl halides is 1. The van der Waals surface area contributed by atoms with E-state index in [2.05, 4.69) is 16.7 Å². The number of morpholine rings is 1. The Balaban J connectivity index is 1.85. The minimum atomic E-state index is 0.377. The number of ether oxygens (including phenoxy) is 1. The summed E-state index contributed by atoms with van der Waals surface area (Å²) in [5, 5.41) is 0.